The van der Waals surface area contributed by atoms with E-state index in [1.165, 1.54) is 0 Å². The van der Waals surface area contributed by atoms with Crippen molar-refractivity contribution in [2.24, 2.45) is 5.92 Å². The molecule has 1 aromatic rings. The van der Waals surface area contributed by atoms with Gasteiger partial charge in [-0.2, -0.15) is 15.0 Å². The Hall–Kier alpha value is -1.10. The summed E-state index contributed by atoms with van der Waals surface area (Å²) in [6, 6.07) is 0.301. The van der Waals surface area contributed by atoms with E-state index >= 15 is 0 Å². The second-order valence-corrected chi connectivity index (χ2v) is 5.26. The van der Waals surface area contributed by atoms with Crippen molar-refractivity contribution < 1.29 is 4.74 Å². The number of anilines is 1. The Bertz CT molecular complexity index is 396. The van der Waals surface area contributed by atoms with Crippen molar-refractivity contribution in [2.75, 3.05) is 18.0 Å². The van der Waals surface area contributed by atoms with Gasteiger partial charge in [-0.15, -0.1) is 0 Å². The summed E-state index contributed by atoms with van der Waals surface area (Å²) >= 11 is 5.93. The molecule has 0 aliphatic heterocycles. The van der Waals surface area contributed by atoms with Gasteiger partial charge in [0.15, 0.2) is 0 Å². The Kier molecular flexibility index (Phi) is 6.28. The second-order valence-electron chi connectivity index (χ2n) is 4.92. The number of aromatic nitrogens is 3. The van der Waals surface area contributed by atoms with Crippen molar-refractivity contribution in [1.82, 2.24) is 15.0 Å². The monoisotopic (exact) mass is 286 g/mol. The smallest absolute Gasteiger partial charge is 0.322 e. The van der Waals surface area contributed by atoms with Crippen LogP contribution in [-0.2, 0) is 0 Å². The molecule has 0 radical (unpaired) electrons. The summed E-state index contributed by atoms with van der Waals surface area (Å²) in [5.41, 5.74) is 0. The molecule has 0 aliphatic rings. The number of rotatable bonds is 7. The highest BCUT2D eigenvalue weighted by Gasteiger charge is 2.14. The van der Waals surface area contributed by atoms with Gasteiger partial charge in [0.25, 0.3) is 0 Å². The van der Waals surface area contributed by atoms with Crippen LogP contribution in [0.1, 0.15) is 41.0 Å². The molecular formula is C13H23ClN4O. The first-order valence-corrected chi connectivity index (χ1v) is 7.17. The van der Waals surface area contributed by atoms with E-state index in [9.17, 15) is 0 Å². The number of hydrogen-bond donors (Lipinski definition) is 0. The minimum atomic E-state index is 0.0584. The molecule has 1 heterocycles. The van der Waals surface area contributed by atoms with E-state index in [0.29, 0.717) is 17.9 Å². The topological polar surface area (TPSA) is 51.1 Å². The maximum Gasteiger partial charge on any atom is 0.322 e. The minimum Gasteiger partial charge on any atom is -0.460 e. The zero-order valence-corrected chi connectivity index (χ0v) is 13.1. The maximum absolute atomic E-state index is 5.93. The van der Waals surface area contributed by atoms with Crippen LogP contribution < -0.4 is 9.64 Å². The van der Waals surface area contributed by atoms with Crippen LogP contribution in [0.3, 0.4) is 0 Å². The van der Waals surface area contributed by atoms with Gasteiger partial charge >= 0.3 is 6.01 Å². The Morgan fingerprint density at radius 1 is 1.11 bits per heavy atom. The van der Waals surface area contributed by atoms with Gasteiger partial charge in [0.2, 0.25) is 11.2 Å². The molecule has 1 rings (SSSR count). The Morgan fingerprint density at radius 2 is 1.74 bits per heavy atom. The normalized spacial score (nSPS) is 12.6. The summed E-state index contributed by atoms with van der Waals surface area (Å²) in [4.78, 5) is 14.5. The van der Waals surface area contributed by atoms with E-state index in [-0.39, 0.29) is 11.4 Å². The maximum atomic E-state index is 5.93. The number of hydrogen-bond acceptors (Lipinski definition) is 5. The van der Waals surface area contributed by atoms with Gasteiger partial charge in [0, 0.05) is 13.1 Å². The molecule has 0 N–H and O–H groups in total. The molecule has 1 aromatic heterocycles. The Labute approximate surface area is 120 Å². The van der Waals surface area contributed by atoms with Gasteiger partial charge in [-0.3, -0.25) is 0 Å². The van der Waals surface area contributed by atoms with Crippen LogP contribution in [0.4, 0.5) is 5.95 Å². The zero-order valence-electron chi connectivity index (χ0n) is 12.4. The number of ether oxygens (including phenoxy) is 1. The zero-order chi connectivity index (χ0) is 14.4. The molecule has 108 valence electrons. The average Bonchev–Trinajstić information content (AvgIpc) is 2.28. The SMILES string of the molecule is CCN(CC)c1nc(Cl)nc(OC(C)CC(C)C)n1. The van der Waals surface area contributed by atoms with E-state index < -0.39 is 0 Å². The largest absolute Gasteiger partial charge is 0.460 e. The van der Waals surface area contributed by atoms with Crippen molar-refractivity contribution in [1.29, 1.82) is 0 Å². The van der Waals surface area contributed by atoms with Crippen LogP contribution in [0.15, 0.2) is 0 Å². The van der Waals surface area contributed by atoms with Crippen LogP contribution in [-0.4, -0.2) is 34.1 Å². The van der Waals surface area contributed by atoms with E-state index in [2.05, 4.69) is 28.8 Å². The van der Waals surface area contributed by atoms with Crippen molar-refractivity contribution >= 4 is 17.5 Å². The van der Waals surface area contributed by atoms with Crippen molar-refractivity contribution in [3.05, 3.63) is 5.28 Å². The summed E-state index contributed by atoms with van der Waals surface area (Å²) in [5, 5.41) is 0.170. The predicted molar refractivity (Wildman–Crippen MR) is 77.9 cm³/mol. The highest BCUT2D eigenvalue weighted by molar-refractivity contribution is 6.28. The Balaban J connectivity index is 2.84. The summed E-state index contributed by atoms with van der Waals surface area (Å²) in [6.45, 7) is 12.0. The van der Waals surface area contributed by atoms with Gasteiger partial charge in [-0.1, -0.05) is 13.8 Å². The van der Waals surface area contributed by atoms with Crippen LogP contribution in [0, 0.1) is 5.92 Å². The van der Waals surface area contributed by atoms with E-state index in [0.717, 1.165) is 19.5 Å². The lowest BCUT2D eigenvalue weighted by atomic mass is 10.1. The predicted octanol–water partition coefficient (Wildman–Crippen LogP) is 3.18. The first kappa shape index (κ1) is 16.0. The molecule has 1 unspecified atom stereocenters. The molecule has 0 aromatic carbocycles. The third-order valence-electron chi connectivity index (χ3n) is 2.73. The highest BCUT2D eigenvalue weighted by Crippen LogP contribution is 2.17. The lowest BCUT2D eigenvalue weighted by Crippen LogP contribution is -2.25. The molecular weight excluding hydrogens is 264 g/mol. The van der Waals surface area contributed by atoms with Crippen molar-refractivity contribution in [3.8, 4) is 6.01 Å². The molecule has 5 nitrogen and oxygen atoms in total. The van der Waals surface area contributed by atoms with Crippen LogP contribution in [0.25, 0.3) is 0 Å². The lowest BCUT2D eigenvalue weighted by molar-refractivity contribution is 0.177. The number of nitrogens with zero attached hydrogens (tertiary/aromatic N) is 4. The van der Waals surface area contributed by atoms with Gasteiger partial charge < -0.3 is 9.64 Å². The van der Waals surface area contributed by atoms with Gasteiger partial charge in [-0.25, -0.2) is 0 Å². The number of halogens is 1. The van der Waals surface area contributed by atoms with Crippen molar-refractivity contribution in [2.45, 2.75) is 47.1 Å². The first-order chi connectivity index (χ1) is 8.96. The molecule has 0 spiro atoms. The Morgan fingerprint density at radius 3 is 2.26 bits per heavy atom. The quantitative estimate of drug-likeness (QED) is 0.770. The van der Waals surface area contributed by atoms with Crippen LogP contribution in [0.5, 0.6) is 6.01 Å². The fourth-order valence-electron chi connectivity index (χ4n) is 1.91. The molecule has 0 amide bonds. The molecule has 0 bridgehead atoms. The fourth-order valence-corrected chi connectivity index (χ4v) is 2.06. The molecule has 0 saturated carbocycles. The second kappa shape index (κ2) is 7.48. The van der Waals surface area contributed by atoms with Crippen LogP contribution >= 0.6 is 11.6 Å². The lowest BCUT2D eigenvalue weighted by Gasteiger charge is -2.20. The molecule has 0 aliphatic carbocycles. The third-order valence-corrected chi connectivity index (χ3v) is 2.90. The summed E-state index contributed by atoms with van der Waals surface area (Å²) in [5.74, 6) is 1.13. The molecule has 6 heteroatoms. The van der Waals surface area contributed by atoms with Crippen molar-refractivity contribution in [3.63, 3.8) is 0 Å². The van der Waals surface area contributed by atoms with Crippen LogP contribution in [0.2, 0.25) is 5.28 Å². The average molecular weight is 287 g/mol. The standard InChI is InChI=1S/C13H23ClN4O/c1-6-18(7-2)12-15-11(14)16-13(17-12)19-10(5)8-9(3)4/h9-10H,6-8H2,1-5H3. The highest BCUT2D eigenvalue weighted by atomic mass is 35.5. The molecule has 19 heavy (non-hydrogen) atoms. The van der Waals surface area contributed by atoms with E-state index in [4.69, 9.17) is 16.3 Å². The summed E-state index contributed by atoms with van der Waals surface area (Å²) in [6.07, 6.45) is 1.01. The molecule has 0 saturated heterocycles. The third kappa shape index (κ3) is 5.19. The summed E-state index contributed by atoms with van der Waals surface area (Å²) < 4.78 is 5.71. The molecule has 1 atom stereocenters. The van der Waals surface area contributed by atoms with Gasteiger partial charge in [0.1, 0.15) is 0 Å². The van der Waals surface area contributed by atoms with E-state index in [1.54, 1.807) is 0 Å². The van der Waals surface area contributed by atoms with Gasteiger partial charge in [0.05, 0.1) is 6.10 Å². The first-order valence-electron chi connectivity index (χ1n) is 6.79. The summed E-state index contributed by atoms with van der Waals surface area (Å²) in [7, 11) is 0. The minimum absolute atomic E-state index is 0.0584. The molecule has 0 fully saturated rings. The van der Waals surface area contributed by atoms with E-state index in [1.807, 2.05) is 25.7 Å². The van der Waals surface area contributed by atoms with Gasteiger partial charge in [-0.05, 0) is 44.7 Å². The fraction of sp³-hybridized carbons (Fsp3) is 0.769.